The van der Waals surface area contributed by atoms with E-state index in [0.29, 0.717) is 25.1 Å². The molecular formula is C32H39N3O2. The molecule has 0 radical (unpaired) electrons. The highest BCUT2D eigenvalue weighted by Gasteiger charge is 2.39. The van der Waals surface area contributed by atoms with Gasteiger partial charge in [-0.25, -0.2) is 4.79 Å². The van der Waals surface area contributed by atoms with Gasteiger partial charge in [0, 0.05) is 57.3 Å². The first-order chi connectivity index (χ1) is 18.2. The Morgan fingerprint density at radius 1 is 0.838 bits per heavy atom. The van der Waals surface area contributed by atoms with E-state index in [9.17, 15) is 4.79 Å². The summed E-state index contributed by atoms with van der Waals surface area (Å²) in [6.07, 6.45) is 1.79. The highest BCUT2D eigenvalue weighted by Crippen LogP contribution is 2.34. The molecule has 2 saturated heterocycles. The Bertz CT molecular complexity index is 1100. The standard InChI is InChI=1S/C32H39N3O2/c1-2-35(32(36)37-25-27-14-8-4-9-15-27)29-18-20-34(21-19-29)31-24-33(22-26-12-6-3-7-13-26)23-30(31)28-16-10-5-11-17-28/h3-17,29-31H,2,18-25H2,1H3/t30-,31+/m1/s1. The lowest BCUT2D eigenvalue weighted by Gasteiger charge is -2.41. The molecule has 5 heteroatoms. The van der Waals surface area contributed by atoms with E-state index in [-0.39, 0.29) is 12.1 Å². The average Bonchev–Trinajstić information content (AvgIpc) is 3.38. The van der Waals surface area contributed by atoms with E-state index in [2.05, 4.69) is 77.4 Å². The summed E-state index contributed by atoms with van der Waals surface area (Å²) in [6, 6.07) is 32.5. The van der Waals surface area contributed by atoms with Crippen molar-refractivity contribution in [2.75, 3.05) is 32.7 Å². The Morgan fingerprint density at radius 2 is 1.43 bits per heavy atom. The normalized spacial score (nSPS) is 21.1. The highest BCUT2D eigenvalue weighted by molar-refractivity contribution is 5.68. The number of carbonyl (C=O) groups excluding carboxylic acids is 1. The molecule has 0 N–H and O–H groups in total. The van der Waals surface area contributed by atoms with Crippen molar-refractivity contribution in [2.45, 2.75) is 50.9 Å². The van der Waals surface area contributed by atoms with Crippen LogP contribution in [-0.2, 0) is 17.9 Å². The molecular weight excluding hydrogens is 458 g/mol. The molecule has 0 aromatic heterocycles. The van der Waals surface area contributed by atoms with E-state index in [1.165, 1.54) is 11.1 Å². The molecule has 194 valence electrons. The maximum atomic E-state index is 12.9. The maximum Gasteiger partial charge on any atom is 0.410 e. The fraction of sp³-hybridized carbons (Fsp3) is 0.406. The van der Waals surface area contributed by atoms with Crippen molar-refractivity contribution in [3.05, 3.63) is 108 Å². The van der Waals surface area contributed by atoms with Crippen LogP contribution in [-0.4, -0.2) is 65.6 Å². The Labute approximate surface area is 221 Å². The topological polar surface area (TPSA) is 36.0 Å². The van der Waals surface area contributed by atoms with Crippen LogP contribution in [0.15, 0.2) is 91.0 Å². The van der Waals surface area contributed by atoms with E-state index in [4.69, 9.17) is 4.74 Å². The molecule has 2 aliphatic rings. The van der Waals surface area contributed by atoms with Gasteiger partial charge in [-0.2, -0.15) is 0 Å². The third-order valence-corrected chi connectivity index (χ3v) is 8.03. The number of likely N-dealkylation sites (tertiary alicyclic amines) is 2. The molecule has 0 bridgehead atoms. The molecule has 3 aromatic carbocycles. The second-order valence-corrected chi connectivity index (χ2v) is 10.4. The largest absolute Gasteiger partial charge is 0.445 e. The van der Waals surface area contributed by atoms with Crippen molar-refractivity contribution in [3.63, 3.8) is 0 Å². The number of piperidine rings is 1. The number of ether oxygens (including phenoxy) is 1. The maximum absolute atomic E-state index is 12.9. The van der Waals surface area contributed by atoms with Crippen LogP contribution in [0.2, 0.25) is 0 Å². The minimum Gasteiger partial charge on any atom is -0.445 e. The summed E-state index contributed by atoms with van der Waals surface area (Å²) >= 11 is 0. The van der Waals surface area contributed by atoms with Crippen LogP contribution in [0.5, 0.6) is 0 Å². The predicted molar refractivity (Wildman–Crippen MR) is 148 cm³/mol. The van der Waals surface area contributed by atoms with Crippen LogP contribution in [0.3, 0.4) is 0 Å². The number of carbonyl (C=O) groups is 1. The van der Waals surface area contributed by atoms with Crippen LogP contribution >= 0.6 is 0 Å². The van der Waals surface area contributed by atoms with Crippen molar-refractivity contribution in [3.8, 4) is 0 Å². The van der Waals surface area contributed by atoms with Gasteiger partial charge in [-0.3, -0.25) is 9.80 Å². The second kappa shape index (κ2) is 12.4. The highest BCUT2D eigenvalue weighted by atomic mass is 16.6. The van der Waals surface area contributed by atoms with Gasteiger partial charge in [0.1, 0.15) is 6.61 Å². The van der Waals surface area contributed by atoms with Gasteiger partial charge in [0.2, 0.25) is 0 Å². The Hall–Kier alpha value is -3.15. The third kappa shape index (κ3) is 6.41. The van der Waals surface area contributed by atoms with E-state index in [1.807, 2.05) is 35.2 Å². The summed E-state index contributed by atoms with van der Waals surface area (Å²) in [6.45, 7) is 8.24. The average molecular weight is 498 g/mol. The minimum absolute atomic E-state index is 0.193. The van der Waals surface area contributed by atoms with Gasteiger partial charge < -0.3 is 9.64 Å². The molecule has 0 aliphatic carbocycles. The van der Waals surface area contributed by atoms with Crippen LogP contribution in [0.4, 0.5) is 4.79 Å². The van der Waals surface area contributed by atoms with Crippen LogP contribution in [0.25, 0.3) is 0 Å². The molecule has 2 heterocycles. The van der Waals surface area contributed by atoms with E-state index in [1.54, 1.807) is 0 Å². The smallest absolute Gasteiger partial charge is 0.410 e. The molecule has 1 amide bonds. The van der Waals surface area contributed by atoms with Gasteiger partial charge in [0.05, 0.1) is 0 Å². The number of hydrogen-bond acceptors (Lipinski definition) is 4. The van der Waals surface area contributed by atoms with Gasteiger partial charge >= 0.3 is 6.09 Å². The fourth-order valence-electron chi connectivity index (χ4n) is 6.10. The number of nitrogens with zero attached hydrogens (tertiary/aromatic N) is 3. The zero-order chi connectivity index (χ0) is 25.5. The summed E-state index contributed by atoms with van der Waals surface area (Å²) in [5.41, 5.74) is 3.83. The quantitative estimate of drug-likeness (QED) is 0.395. The first kappa shape index (κ1) is 25.5. The van der Waals surface area contributed by atoms with E-state index in [0.717, 1.165) is 51.1 Å². The van der Waals surface area contributed by atoms with Crippen LogP contribution in [0.1, 0.15) is 42.4 Å². The summed E-state index contributed by atoms with van der Waals surface area (Å²) < 4.78 is 5.67. The molecule has 2 aliphatic heterocycles. The Morgan fingerprint density at radius 3 is 2.05 bits per heavy atom. The summed E-state index contributed by atoms with van der Waals surface area (Å²) in [4.78, 5) is 20.2. The number of amides is 1. The molecule has 2 fully saturated rings. The molecule has 0 saturated carbocycles. The molecule has 0 unspecified atom stereocenters. The Balaban J connectivity index is 1.21. The van der Waals surface area contributed by atoms with Gasteiger partial charge in [0.25, 0.3) is 0 Å². The molecule has 0 spiro atoms. The minimum atomic E-state index is -0.193. The van der Waals surface area contributed by atoms with Crippen molar-refractivity contribution < 1.29 is 9.53 Å². The van der Waals surface area contributed by atoms with Crippen molar-refractivity contribution in [2.24, 2.45) is 0 Å². The van der Waals surface area contributed by atoms with Gasteiger partial charge in [-0.15, -0.1) is 0 Å². The van der Waals surface area contributed by atoms with Crippen molar-refractivity contribution in [1.29, 1.82) is 0 Å². The number of hydrogen-bond donors (Lipinski definition) is 0. The number of rotatable bonds is 8. The molecule has 2 atom stereocenters. The van der Waals surface area contributed by atoms with Crippen LogP contribution < -0.4 is 0 Å². The van der Waals surface area contributed by atoms with Crippen molar-refractivity contribution >= 4 is 6.09 Å². The first-order valence-corrected chi connectivity index (χ1v) is 13.7. The molecule has 5 rings (SSSR count). The summed E-state index contributed by atoms with van der Waals surface area (Å²) in [7, 11) is 0. The van der Waals surface area contributed by atoms with Gasteiger partial charge in [-0.1, -0.05) is 91.0 Å². The second-order valence-electron chi connectivity index (χ2n) is 10.4. The van der Waals surface area contributed by atoms with Gasteiger partial charge in [-0.05, 0) is 36.5 Å². The molecule has 3 aromatic rings. The van der Waals surface area contributed by atoms with Crippen LogP contribution in [0, 0.1) is 0 Å². The first-order valence-electron chi connectivity index (χ1n) is 13.7. The Kier molecular flexibility index (Phi) is 8.54. The molecule has 5 nitrogen and oxygen atoms in total. The fourth-order valence-corrected chi connectivity index (χ4v) is 6.10. The lowest BCUT2D eigenvalue weighted by atomic mass is 9.91. The predicted octanol–water partition coefficient (Wildman–Crippen LogP) is 5.78. The van der Waals surface area contributed by atoms with E-state index < -0.39 is 0 Å². The van der Waals surface area contributed by atoms with E-state index >= 15 is 0 Å². The summed E-state index contributed by atoms with van der Waals surface area (Å²) in [5, 5.41) is 0. The third-order valence-electron chi connectivity index (χ3n) is 8.03. The zero-order valence-corrected chi connectivity index (χ0v) is 21.9. The lowest BCUT2D eigenvalue weighted by Crippen LogP contribution is -2.51. The zero-order valence-electron chi connectivity index (χ0n) is 21.9. The SMILES string of the molecule is CCN(C(=O)OCc1ccccc1)C1CCN([C@H]2CN(Cc3ccccc3)C[C@@H]2c2ccccc2)CC1. The monoisotopic (exact) mass is 497 g/mol. The summed E-state index contributed by atoms with van der Waals surface area (Å²) in [5.74, 6) is 0.500. The van der Waals surface area contributed by atoms with Gasteiger partial charge in [0.15, 0.2) is 0 Å². The lowest BCUT2D eigenvalue weighted by molar-refractivity contribution is 0.0540. The number of benzene rings is 3. The molecule has 37 heavy (non-hydrogen) atoms. The van der Waals surface area contributed by atoms with Crippen molar-refractivity contribution in [1.82, 2.24) is 14.7 Å².